The third-order valence-electron chi connectivity index (χ3n) is 1.50. The number of rotatable bonds is 3. The van der Waals surface area contributed by atoms with Crippen LogP contribution in [0.5, 0.6) is 0 Å². The predicted octanol–water partition coefficient (Wildman–Crippen LogP) is 1.54. The summed E-state index contributed by atoms with van der Waals surface area (Å²) < 4.78 is 0. The van der Waals surface area contributed by atoms with Crippen LogP contribution in [-0.2, 0) is 9.78 Å². The van der Waals surface area contributed by atoms with E-state index in [0.717, 1.165) is 0 Å². The summed E-state index contributed by atoms with van der Waals surface area (Å²) in [5.41, 5.74) is 0.877. The molecular weight excluding hydrogens is 174 g/mol. The van der Waals surface area contributed by atoms with E-state index in [0.29, 0.717) is 11.1 Å². The van der Waals surface area contributed by atoms with Gasteiger partial charge in [0.2, 0.25) is 6.29 Å². The highest BCUT2D eigenvalue weighted by molar-refractivity contribution is 5.31. The fourth-order valence-corrected chi connectivity index (χ4v) is 0.856. The third kappa shape index (κ3) is 2.24. The molecule has 13 heavy (non-hydrogen) atoms. The van der Waals surface area contributed by atoms with Crippen molar-refractivity contribution in [1.82, 2.24) is 0 Å². The van der Waals surface area contributed by atoms with Gasteiger partial charge >= 0.3 is 0 Å². The first-order valence-corrected chi connectivity index (χ1v) is 3.42. The fourth-order valence-electron chi connectivity index (χ4n) is 0.856. The highest BCUT2D eigenvalue weighted by Gasteiger charge is 2.11. The molecule has 0 heterocycles. The van der Waals surface area contributed by atoms with E-state index in [4.69, 9.17) is 15.8 Å². The number of hydrogen-bond acceptors (Lipinski definition) is 5. The van der Waals surface area contributed by atoms with Crippen molar-refractivity contribution in [3.05, 3.63) is 35.4 Å². The van der Waals surface area contributed by atoms with Gasteiger partial charge in [-0.05, 0) is 12.1 Å². The van der Waals surface area contributed by atoms with Crippen LogP contribution in [0.4, 0.5) is 0 Å². The average molecular weight is 181 g/mol. The summed E-state index contributed by atoms with van der Waals surface area (Å²) in [5, 5.41) is 25.0. The van der Waals surface area contributed by atoms with Crippen molar-refractivity contribution >= 4 is 0 Å². The second-order valence-corrected chi connectivity index (χ2v) is 2.28. The molecule has 0 saturated carbocycles. The molecular formula is C8H7NO4. The van der Waals surface area contributed by atoms with Crippen LogP contribution in [0, 0.1) is 11.3 Å². The number of nitriles is 1. The summed E-state index contributed by atoms with van der Waals surface area (Å²) in [6.45, 7) is 0. The lowest BCUT2D eigenvalue weighted by atomic mass is 10.1. The number of hydrogen-bond donors (Lipinski definition) is 2. The molecule has 0 spiro atoms. The Hall–Kier alpha value is -1.45. The Kier molecular flexibility index (Phi) is 3.37. The first-order chi connectivity index (χ1) is 6.31. The molecule has 1 rings (SSSR count). The van der Waals surface area contributed by atoms with Gasteiger partial charge in [-0.25, -0.2) is 10.5 Å². The molecule has 0 amide bonds. The van der Waals surface area contributed by atoms with Crippen LogP contribution in [-0.4, -0.2) is 10.5 Å². The van der Waals surface area contributed by atoms with Crippen LogP contribution in [0.2, 0.25) is 0 Å². The standard InChI is InChI=1S/C8H7NO4/c9-5-6-1-3-7(4-2-6)8(12-10)13-11/h1-4,8,10-11H. The fraction of sp³-hybridized carbons (Fsp3) is 0.125. The van der Waals surface area contributed by atoms with E-state index in [1.807, 2.05) is 6.07 Å². The topological polar surface area (TPSA) is 82.7 Å². The smallest absolute Gasteiger partial charge is 0.248 e. The van der Waals surface area contributed by atoms with Gasteiger partial charge in [0, 0.05) is 5.56 Å². The number of nitrogens with zero attached hydrogens (tertiary/aromatic N) is 1. The Labute approximate surface area is 74.2 Å². The molecule has 0 saturated heterocycles. The quantitative estimate of drug-likeness (QED) is 0.419. The molecule has 0 atom stereocenters. The maximum Gasteiger partial charge on any atom is 0.248 e. The van der Waals surface area contributed by atoms with Crippen molar-refractivity contribution in [3.8, 4) is 6.07 Å². The van der Waals surface area contributed by atoms with E-state index < -0.39 is 6.29 Å². The van der Waals surface area contributed by atoms with Gasteiger partial charge in [-0.2, -0.15) is 15.0 Å². The normalized spacial score (nSPS) is 10.0. The second-order valence-electron chi connectivity index (χ2n) is 2.28. The summed E-state index contributed by atoms with van der Waals surface area (Å²) in [4.78, 5) is 7.61. The highest BCUT2D eigenvalue weighted by Crippen LogP contribution is 2.16. The Morgan fingerprint density at radius 2 is 1.69 bits per heavy atom. The van der Waals surface area contributed by atoms with Gasteiger partial charge in [0.25, 0.3) is 0 Å². The molecule has 0 bridgehead atoms. The molecule has 0 aromatic heterocycles. The van der Waals surface area contributed by atoms with E-state index in [2.05, 4.69) is 9.78 Å². The van der Waals surface area contributed by atoms with Crippen LogP contribution in [0.15, 0.2) is 24.3 Å². The van der Waals surface area contributed by atoms with Gasteiger partial charge < -0.3 is 0 Å². The van der Waals surface area contributed by atoms with Gasteiger partial charge in [0.15, 0.2) is 0 Å². The zero-order valence-corrected chi connectivity index (χ0v) is 6.54. The molecule has 5 nitrogen and oxygen atoms in total. The van der Waals surface area contributed by atoms with Gasteiger partial charge in [0.05, 0.1) is 11.6 Å². The van der Waals surface area contributed by atoms with Crippen molar-refractivity contribution in [1.29, 1.82) is 5.26 Å². The number of benzene rings is 1. The van der Waals surface area contributed by atoms with E-state index >= 15 is 0 Å². The van der Waals surface area contributed by atoms with E-state index in [1.165, 1.54) is 24.3 Å². The first-order valence-electron chi connectivity index (χ1n) is 3.42. The van der Waals surface area contributed by atoms with E-state index in [1.54, 1.807) is 0 Å². The monoisotopic (exact) mass is 181 g/mol. The van der Waals surface area contributed by atoms with Gasteiger partial charge in [-0.1, -0.05) is 12.1 Å². The largest absolute Gasteiger partial charge is 0.249 e. The molecule has 0 fully saturated rings. The maximum atomic E-state index is 8.47. The predicted molar refractivity (Wildman–Crippen MR) is 41.3 cm³/mol. The molecule has 0 aliphatic carbocycles. The zero-order valence-electron chi connectivity index (χ0n) is 6.54. The van der Waals surface area contributed by atoms with Crippen LogP contribution in [0.3, 0.4) is 0 Å². The molecule has 1 aromatic rings. The summed E-state index contributed by atoms with van der Waals surface area (Å²) in [6, 6.07) is 7.94. The highest BCUT2D eigenvalue weighted by atomic mass is 17.2. The average Bonchev–Trinajstić information content (AvgIpc) is 2.21. The summed E-state index contributed by atoms with van der Waals surface area (Å²) in [5.74, 6) is 0. The van der Waals surface area contributed by atoms with Crippen LogP contribution >= 0.6 is 0 Å². The molecule has 0 aliphatic heterocycles. The minimum atomic E-state index is -1.24. The summed E-state index contributed by atoms with van der Waals surface area (Å²) >= 11 is 0. The molecule has 1 aromatic carbocycles. The van der Waals surface area contributed by atoms with Crippen molar-refractivity contribution in [3.63, 3.8) is 0 Å². The van der Waals surface area contributed by atoms with Crippen molar-refractivity contribution in [2.24, 2.45) is 0 Å². The summed E-state index contributed by atoms with van der Waals surface area (Å²) in [7, 11) is 0. The molecule has 5 heteroatoms. The van der Waals surface area contributed by atoms with Crippen molar-refractivity contribution in [2.45, 2.75) is 6.29 Å². The van der Waals surface area contributed by atoms with E-state index in [9.17, 15) is 0 Å². The van der Waals surface area contributed by atoms with Crippen molar-refractivity contribution in [2.75, 3.05) is 0 Å². The first kappa shape index (κ1) is 9.64. The van der Waals surface area contributed by atoms with Gasteiger partial charge in [-0.3, -0.25) is 0 Å². The SMILES string of the molecule is N#Cc1ccc(C(OO)OO)cc1. The lowest BCUT2D eigenvalue weighted by Crippen LogP contribution is -2.03. The minimum Gasteiger partial charge on any atom is -0.249 e. The molecule has 2 N–H and O–H groups in total. The lowest BCUT2D eigenvalue weighted by molar-refractivity contribution is -0.437. The Balaban J connectivity index is 2.85. The van der Waals surface area contributed by atoms with E-state index in [-0.39, 0.29) is 0 Å². The maximum absolute atomic E-state index is 8.47. The minimum absolute atomic E-state index is 0.406. The molecule has 68 valence electrons. The molecule has 0 unspecified atom stereocenters. The van der Waals surface area contributed by atoms with Gasteiger partial charge in [0.1, 0.15) is 0 Å². The summed E-state index contributed by atoms with van der Waals surface area (Å²) in [6.07, 6.45) is -1.24. The zero-order chi connectivity index (χ0) is 9.68. The third-order valence-corrected chi connectivity index (χ3v) is 1.50. The molecule has 0 radical (unpaired) electrons. The van der Waals surface area contributed by atoms with Crippen LogP contribution < -0.4 is 0 Å². The lowest BCUT2D eigenvalue weighted by Gasteiger charge is -2.08. The van der Waals surface area contributed by atoms with Crippen molar-refractivity contribution < 1.29 is 20.3 Å². The molecule has 0 aliphatic rings. The Bertz CT molecular complexity index is 299. The Morgan fingerprint density at radius 3 is 2.08 bits per heavy atom. The van der Waals surface area contributed by atoms with Gasteiger partial charge in [-0.15, -0.1) is 0 Å². The Morgan fingerprint density at radius 1 is 1.15 bits per heavy atom. The second kappa shape index (κ2) is 4.54. The van der Waals surface area contributed by atoms with Crippen LogP contribution in [0.25, 0.3) is 0 Å². The van der Waals surface area contributed by atoms with Crippen LogP contribution in [0.1, 0.15) is 17.4 Å².